The molecule has 1 aliphatic rings. The lowest BCUT2D eigenvalue weighted by Crippen LogP contribution is -2.47. The third-order valence-corrected chi connectivity index (χ3v) is 5.35. The zero-order chi connectivity index (χ0) is 20.4. The number of aryl methyl sites for hydroxylation is 1. The Balaban J connectivity index is 1.59. The van der Waals surface area contributed by atoms with Crippen LogP contribution in [-0.2, 0) is 6.42 Å². The fraction of sp³-hybridized carbons (Fsp3) is 0.818. The van der Waals surface area contributed by atoms with Gasteiger partial charge < -0.3 is 20.4 Å². The second kappa shape index (κ2) is 12.3. The van der Waals surface area contributed by atoms with Crippen LogP contribution >= 0.6 is 0 Å². The van der Waals surface area contributed by atoms with Gasteiger partial charge in [-0.1, -0.05) is 27.7 Å². The third-order valence-electron chi connectivity index (χ3n) is 5.35. The zero-order valence-corrected chi connectivity index (χ0v) is 18.6. The molecule has 0 saturated carbocycles. The highest BCUT2D eigenvalue weighted by molar-refractivity contribution is 5.32. The molecule has 28 heavy (non-hydrogen) atoms. The third kappa shape index (κ3) is 8.84. The van der Waals surface area contributed by atoms with Crippen molar-refractivity contribution < 1.29 is 0 Å². The van der Waals surface area contributed by atoms with Crippen molar-refractivity contribution in [3.63, 3.8) is 0 Å². The SMILES string of the molecule is CC(C)CN(CCCN1CCN(CCCc2nccnc2N)CC1)CC(C)C. The Labute approximate surface area is 172 Å². The number of aromatic nitrogens is 2. The molecule has 2 N–H and O–H groups in total. The van der Waals surface area contributed by atoms with Crippen molar-refractivity contribution in [1.82, 2.24) is 24.7 Å². The molecule has 0 atom stereocenters. The fourth-order valence-corrected chi connectivity index (χ4v) is 4.08. The van der Waals surface area contributed by atoms with Gasteiger partial charge in [0, 0.05) is 51.7 Å². The number of hydrogen-bond donors (Lipinski definition) is 1. The van der Waals surface area contributed by atoms with Crippen molar-refractivity contribution in [2.45, 2.75) is 47.0 Å². The van der Waals surface area contributed by atoms with Crippen molar-refractivity contribution in [3.05, 3.63) is 18.1 Å². The number of rotatable bonds is 12. The second-order valence-electron chi connectivity index (χ2n) is 9.08. The van der Waals surface area contributed by atoms with Gasteiger partial charge in [0.1, 0.15) is 5.82 Å². The van der Waals surface area contributed by atoms with Crippen molar-refractivity contribution in [1.29, 1.82) is 0 Å². The van der Waals surface area contributed by atoms with E-state index >= 15 is 0 Å². The Bertz CT molecular complexity index is 530. The molecule has 1 aliphatic heterocycles. The van der Waals surface area contributed by atoms with Gasteiger partial charge >= 0.3 is 0 Å². The highest BCUT2D eigenvalue weighted by Crippen LogP contribution is 2.10. The lowest BCUT2D eigenvalue weighted by molar-refractivity contribution is 0.123. The van der Waals surface area contributed by atoms with E-state index in [1.165, 1.54) is 58.8 Å². The van der Waals surface area contributed by atoms with Gasteiger partial charge in [-0.2, -0.15) is 0 Å². The molecule has 0 spiro atoms. The quantitative estimate of drug-likeness (QED) is 0.592. The molecule has 1 aromatic rings. The molecule has 0 amide bonds. The Morgan fingerprint density at radius 3 is 1.96 bits per heavy atom. The lowest BCUT2D eigenvalue weighted by Gasteiger charge is -2.35. The summed E-state index contributed by atoms with van der Waals surface area (Å²) >= 11 is 0. The van der Waals surface area contributed by atoms with E-state index in [0.717, 1.165) is 36.9 Å². The molecule has 0 radical (unpaired) electrons. The predicted molar refractivity (Wildman–Crippen MR) is 118 cm³/mol. The van der Waals surface area contributed by atoms with Gasteiger partial charge in [-0.15, -0.1) is 0 Å². The molecule has 1 fully saturated rings. The Morgan fingerprint density at radius 2 is 1.43 bits per heavy atom. The molecular weight excluding hydrogens is 348 g/mol. The number of nitrogens with zero attached hydrogens (tertiary/aromatic N) is 5. The first kappa shape index (κ1) is 23.0. The molecule has 6 nitrogen and oxygen atoms in total. The number of nitrogen functional groups attached to an aromatic ring is 1. The van der Waals surface area contributed by atoms with Crippen molar-refractivity contribution in [3.8, 4) is 0 Å². The van der Waals surface area contributed by atoms with E-state index in [9.17, 15) is 0 Å². The van der Waals surface area contributed by atoms with E-state index in [-0.39, 0.29) is 0 Å². The average molecular weight is 391 g/mol. The summed E-state index contributed by atoms with van der Waals surface area (Å²) in [6, 6.07) is 0. The van der Waals surface area contributed by atoms with E-state index < -0.39 is 0 Å². The van der Waals surface area contributed by atoms with E-state index in [1.54, 1.807) is 12.4 Å². The van der Waals surface area contributed by atoms with Crippen LogP contribution in [0, 0.1) is 11.8 Å². The maximum Gasteiger partial charge on any atom is 0.145 e. The van der Waals surface area contributed by atoms with Crippen LogP contribution in [0.3, 0.4) is 0 Å². The summed E-state index contributed by atoms with van der Waals surface area (Å²) < 4.78 is 0. The normalized spacial score (nSPS) is 16.5. The zero-order valence-electron chi connectivity index (χ0n) is 18.6. The molecular formula is C22H42N6. The molecule has 0 bridgehead atoms. The highest BCUT2D eigenvalue weighted by atomic mass is 15.3. The first-order valence-corrected chi connectivity index (χ1v) is 11.2. The smallest absolute Gasteiger partial charge is 0.145 e. The summed E-state index contributed by atoms with van der Waals surface area (Å²) in [7, 11) is 0. The summed E-state index contributed by atoms with van der Waals surface area (Å²) in [4.78, 5) is 16.3. The van der Waals surface area contributed by atoms with Gasteiger partial charge in [0.25, 0.3) is 0 Å². The van der Waals surface area contributed by atoms with Crippen molar-refractivity contribution >= 4 is 5.82 Å². The number of piperazine rings is 1. The molecule has 1 saturated heterocycles. The van der Waals surface area contributed by atoms with Gasteiger partial charge in [-0.3, -0.25) is 4.98 Å². The molecule has 2 heterocycles. The molecule has 0 aliphatic carbocycles. The molecule has 160 valence electrons. The Morgan fingerprint density at radius 1 is 0.893 bits per heavy atom. The number of nitrogens with two attached hydrogens (primary N) is 1. The van der Waals surface area contributed by atoms with E-state index in [1.807, 2.05) is 0 Å². The van der Waals surface area contributed by atoms with Crippen molar-refractivity contribution in [2.75, 3.05) is 64.6 Å². The van der Waals surface area contributed by atoms with E-state index in [2.05, 4.69) is 52.4 Å². The van der Waals surface area contributed by atoms with Gasteiger partial charge in [0.05, 0.1) is 5.69 Å². The largest absolute Gasteiger partial charge is 0.382 e. The van der Waals surface area contributed by atoms with E-state index in [0.29, 0.717) is 5.82 Å². The summed E-state index contributed by atoms with van der Waals surface area (Å²) in [5, 5.41) is 0. The van der Waals surface area contributed by atoms with Crippen LogP contribution in [0.15, 0.2) is 12.4 Å². The first-order chi connectivity index (χ1) is 13.4. The van der Waals surface area contributed by atoms with Gasteiger partial charge in [0.15, 0.2) is 0 Å². The van der Waals surface area contributed by atoms with Crippen LogP contribution in [0.2, 0.25) is 0 Å². The van der Waals surface area contributed by atoms with Crippen LogP contribution in [-0.4, -0.2) is 83.6 Å². The molecule has 2 rings (SSSR count). The minimum Gasteiger partial charge on any atom is -0.382 e. The second-order valence-corrected chi connectivity index (χ2v) is 9.08. The summed E-state index contributed by atoms with van der Waals surface area (Å²) in [5.41, 5.74) is 6.82. The predicted octanol–water partition coefficient (Wildman–Crippen LogP) is 2.61. The molecule has 1 aromatic heterocycles. The van der Waals surface area contributed by atoms with Gasteiger partial charge in [-0.05, 0) is 50.7 Å². The molecule has 6 heteroatoms. The maximum absolute atomic E-state index is 5.88. The molecule has 0 unspecified atom stereocenters. The maximum atomic E-state index is 5.88. The minimum absolute atomic E-state index is 0.580. The summed E-state index contributed by atoms with van der Waals surface area (Å²) in [6.45, 7) is 20.1. The van der Waals surface area contributed by atoms with Gasteiger partial charge in [-0.25, -0.2) is 4.98 Å². The van der Waals surface area contributed by atoms with Crippen LogP contribution in [0.5, 0.6) is 0 Å². The van der Waals surface area contributed by atoms with Crippen LogP contribution in [0.4, 0.5) is 5.82 Å². The number of anilines is 1. The average Bonchev–Trinajstić information content (AvgIpc) is 2.63. The van der Waals surface area contributed by atoms with Crippen LogP contribution < -0.4 is 5.73 Å². The first-order valence-electron chi connectivity index (χ1n) is 11.2. The summed E-state index contributed by atoms with van der Waals surface area (Å²) in [6.07, 6.45) is 6.69. The highest BCUT2D eigenvalue weighted by Gasteiger charge is 2.17. The monoisotopic (exact) mass is 390 g/mol. The Kier molecular flexibility index (Phi) is 10.2. The fourth-order valence-electron chi connectivity index (χ4n) is 4.08. The summed E-state index contributed by atoms with van der Waals surface area (Å²) in [5.74, 6) is 2.08. The van der Waals surface area contributed by atoms with Crippen LogP contribution in [0.25, 0.3) is 0 Å². The van der Waals surface area contributed by atoms with Crippen molar-refractivity contribution in [2.24, 2.45) is 11.8 Å². The Hall–Kier alpha value is -1.24. The standard InChI is InChI=1S/C22H42N6/c1-19(2)17-28(18-20(3)4)12-6-11-27-15-13-26(14-16-27)10-5-7-21-22(23)25-9-8-24-21/h8-9,19-20H,5-7,10-18H2,1-4H3,(H2,23,25). The topological polar surface area (TPSA) is 61.5 Å². The van der Waals surface area contributed by atoms with Gasteiger partial charge in [0.2, 0.25) is 0 Å². The molecule has 0 aromatic carbocycles. The number of hydrogen-bond acceptors (Lipinski definition) is 6. The van der Waals surface area contributed by atoms with Crippen LogP contribution in [0.1, 0.15) is 46.2 Å². The minimum atomic E-state index is 0.580. The lowest BCUT2D eigenvalue weighted by atomic mass is 10.1. The van der Waals surface area contributed by atoms with E-state index in [4.69, 9.17) is 5.73 Å².